The molecule has 4 aliphatic carbocycles. The predicted octanol–water partition coefficient (Wildman–Crippen LogP) is 6.69. The molecule has 0 aromatic rings. The summed E-state index contributed by atoms with van der Waals surface area (Å²) in [6, 6.07) is 0. The highest BCUT2D eigenvalue weighted by Gasteiger charge is 2.81. The molecule has 1 spiro atoms. The molecule has 8 unspecified atom stereocenters. The van der Waals surface area contributed by atoms with Crippen LogP contribution in [0.5, 0.6) is 0 Å². The third-order valence-electron chi connectivity index (χ3n) is 12.3. The van der Waals surface area contributed by atoms with Crippen molar-refractivity contribution >= 4 is 11.9 Å². The predicted molar refractivity (Wildman–Crippen MR) is 137 cm³/mol. The molecule has 4 saturated carbocycles. The largest absolute Gasteiger partial charge is 0.481 e. The fourth-order valence-corrected chi connectivity index (χ4v) is 10.4. The van der Waals surface area contributed by atoms with Gasteiger partial charge in [0.1, 0.15) is 0 Å². The number of hydrogen-bond donors (Lipinski definition) is 3. The van der Waals surface area contributed by atoms with Crippen molar-refractivity contribution in [1.82, 2.24) is 0 Å². The van der Waals surface area contributed by atoms with Crippen LogP contribution in [0.4, 0.5) is 0 Å². The first-order valence-corrected chi connectivity index (χ1v) is 14.0. The Hall–Kier alpha value is -1.36. The van der Waals surface area contributed by atoms with Gasteiger partial charge in [-0.2, -0.15) is 0 Å². The molecule has 4 rings (SSSR count). The summed E-state index contributed by atoms with van der Waals surface area (Å²) in [6.45, 7) is 13.0. The van der Waals surface area contributed by atoms with Crippen LogP contribution in [-0.2, 0) is 9.59 Å². The summed E-state index contributed by atoms with van der Waals surface area (Å²) in [5, 5.41) is 29.8. The molecule has 5 heteroatoms. The SMILES string of the molecule is CC(=CCCC(C)C1CCC2(C)C3CCC(C(C)(C)O)C4(CCC(=O)O)CC34CCC12C)C(=O)O. The number of aliphatic carboxylic acids is 2. The van der Waals surface area contributed by atoms with E-state index < -0.39 is 17.5 Å². The standard InChI is InChI=1S/C30H48O5/c1-19(8-7-9-20(2)25(33)34)21-12-14-28(6)23-11-10-22(26(3,4)35)29(15-13-24(31)32)18-30(23,29)17-16-27(21,28)5/h9,19,21-23,35H,7-8,10-18H2,1-6H3,(H,31,32)(H,33,34). The molecule has 4 fully saturated rings. The second-order valence-corrected chi connectivity index (χ2v) is 13.9. The van der Waals surface area contributed by atoms with Gasteiger partial charge in [-0.15, -0.1) is 0 Å². The molecular formula is C30H48O5. The molecule has 35 heavy (non-hydrogen) atoms. The quantitative estimate of drug-likeness (QED) is 0.314. The monoisotopic (exact) mass is 488 g/mol. The van der Waals surface area contributed by atoms with Crippen LogP contribution < -0.4 is 0 Å². The van der Waals surface area contributed by atoms with E-state index in [0.29, 0.717) is 29.7 Å². The molecular weight excluding hydrogens is 440 g/mol. The van der Waals surface area contributed by atoms with E-state index in [1.165, 1.54) is 19.3 Å². The van der Waals surface area contributed by atoms with E-state index in [1.807, 2.05) is 19.9 Å². The summed E-state index contributed by atoms with van der Waals surface area (Å²) in [7, 11) is 0. The van der Waals surface area contributed by atoms with Crippen LogP contribution in [0.3, 0.4) is 0 Å². The first-order chi connectivity index (χ1) is 16.1. The Bertz CT molecular complexity index is 901. The Kier molecular flexibility index (Phi) is 6.56. The van der Waals surface area contributed by atoms with Crippen LogP contribution in [0.25, 0.3) is 0 Å². The number of allylic oxidation sites excluding steroid dienone is 1. The van der Waals surface area contributed by atoms with E-state index in [2.05, 4.69) is 20.8 Å². The summed E-state index contributed by atoms with van der Waals surface area (Å²) in [6.07, 6.45) is 12.7. The van der Waals surface area contributed by atoms with Gasteiger partial charge in [-0.3, -0.25) is 4.79 Å². The maximum Gasteiger partial charge on any atom is 0.330 e. The average Bonchev–Trinajstić information content (AvgIpc) is 3.34. The lowest BCUT2D eigenvalue weighted by atomic mass is 9.43. The van der Waals surface area contributed by atoms with Gasteiger partial charge in [0, 0.05) is 12.0 Å². The Morgan fingerprint density at radius 3 is 2.34 bits per heavy atom. The molecule has 0 radical (unpaired) electrons. The molecule has 0 aliphatic heterocycles. The summed E-state index contributed by atoms with van der Waals surface area (Å²) in [4.78, 5) is 22.8. The highest BCUT2D eigenvalue weighted by Crippen LogP contribution is 2.87. The van der Waals surface area contributed by atoms with Crippen LogP contribution in [-0.4, -0.2) is 32.9 Å². The van der Waals surface area contributed by atoms with Crippen molar-refractivity contribution in [2.45, 2.75) is 118 Å². The molecule has 0 aromatic heterocycles. The molecule has 0 saturated heterocycles. The molecule has 0 amide bonds. The van der Waals surface area contributed by atoms with Crippen LogP contribution in [0.15, 0.2) is 11.6 Å². The lowest BCUT2D eigenvalue weighted by Gasteiger charge is -2.61. The number of aliphatic hydroxyl groups is 1. The second-order valence-electron chi connectivity index (χ2n) is 13.9. The highest BCUT2D eigenvalue weighted by atomic mass is 16.4. The topological polar surface area (TPSA) is 94.8 Å². The number of carboxylic acids is 2. The van der Waals surface area contributed by atoms with Gasteiger partial charge in [0.2, 0.25) is 0 Å². The fourth-order valence-electron chi connectivity index (χ4n) is 10.4. The van der Waals surface area contributed by atoms with Gasteiger partial charge in [-0.05, 0) is 130 Å². The average molecular weight is 489 g/mol. The van der Waals surface area contributed by atoms with E-state index in [1.54, 1.807) is 6.92 Å². The minimum absolute atomic E-state index is 0.0280. The second kappa shape index (κ2) is 8.60. The van der Waals surface area contributed by atoms with Gasteiger partial charge in [0.15, 0.2) is 0 Å². The van der Waals surface area contributed by atoms with E-state index in [-0.39, 0.29) is 34.0 Å². The van der Waals surface area contributed by atoms with Crippen molar-refractivity contribution in [3.8, 4) is 0 Å². The number of fused-ring (bicyclic) bond motifs is 2. The minimum atomic E-state index is -0.826. The van der Waals surface area contributed by atoms with Gasteiger partial charge in [-0.1, -0.05) is 26.8 Å². The van der Waals surface area contributed by atoms with Gasteiger partial charge in [0.25, 0.3) is 0 Å². The maximum atomic E-state index is 11.6. The molecule has 4 aliphatic rings. The first-order valence-electron chi connectivity index (χ1n) is 14.0. The van der Waals surface area contributed by atoms with Crippen molar-refractivity contribution < 1.29 is 24.9 Å². The summed E-state index contributed by atoms with van der Waals surface area (Å²) >= 11 is 0. The Morgan fingerprint density at radius 1 is 1.06 bits per heavy atom. The maximum absolute atomic E-state index is 11.6. The molecule has 0 aromatic carbocycles. The van der Waals surface area contributed by atoms with Crippen molar-refractivity contribution in [1.29, 1.82) is 0 Å². The number of hydrogen-bond acceptors (Lipinski definition) is 3. The Balaban J connectivity index is 1.58. The summed E-state index contributed by atoms with van der Waals surface area (Å²) in [5.41, 5.74) is 0.333. The normalized spacial score (nSPS) is 43.6. The van der Waals surface area contributed by atoms with Crippen LogP contribution in [0, 0.1) is 45.3 Å². The van der Waals surface area contributed by atoms with Crippen molar-refractivity contribution in [2.75, 3.05) is 0 Å². The highest BCUT2D eigenvalue weighted by molar-refractivity contribution is 5.85. The molecule has 198 valence electrons. The summed E-state index contributed by atoms with van der Waals surface area (Å²) in [5.74, 6) is 0.436. The third-order valence-corrected chi connectivity index (χ3v) is 12.3. The number of carbonyl (C=O) groups is 2. The van der Waals surface area contributed by atoms with Crippen molar-refractivity contribution in [2.24, 2.45) is 45.3 Å². The minimum Gasteiger partial charge on any atom is -0.481 e. The number of carboxylic acid groups (broad SMARTS) is 2. The lowest BCUT2D eigenvalue weighted by molar-refractivity contribution is -0.150. The van der Waals surface area contributed by atoms with Crippen LogP contribution >= 0.6 is 0 Å². The van der Waals surface area contributed by atoms with Crippen LogP contribution in [0.1, 0.15) is 112 Å². The van der Waals surface area contributed by atoms with Crippen molar-refractivity contribution in [3.63, 3.8) is 0 Å². The van der Waals surface area contributed by atoms with E-state index in [4.69, 9.17) is 5.11 Å². The fraction of sp³-hybridized carbons (Fsp3) is 0.867. The zero-order valence-electron chi connectivity index (χ0n) is 22.8. The van der Waals surface area contributed by atoms with E-state index >= 15 is 0 Å². The molecule has 0 bridgehead atoms. The zero-order valence-corrected chi connectivity index (χ0v) is 22.8. The summed E-state index contributed by atoms with van der Waals surface area (Å²) < 4.78 is 0. The molecule has 8 atom stereocenters. The lowest BCUT2D eigenvalue weighted by Crippen LogP contribution is -2.56. The van der Waals surface area contributed by atoms with Gasteiger partial charge in [-0.25, -0.2) is 4.79 Å². The smallest absolute Gasteiger partial charge is 0.330 e. The first kappa shape index (κ1) is 26.7. The molecule has 0 heterocycles. The van der Waals surface area contributed by atoms with Gasteiger partial charge < -0.3 is 15.3 Å². The van der Waals surface area contributed by atoms with Crippen molar-refractivity contribution in [3.05, 3.63) is 11.6 Å². The molecule has 5 nitrogen and oxygen atoms in total. The van der Waals surface area contributed by atoms with Gasteiger partial charge >= 0.3 is 11.9 Å². The van der Waals surface area contributed by atoms with Crippen LogP contribution in [0.2, 0.25) is 0 Å². The molecule has 3 N–H and O–H groups in total. The van der Waals surface area contributed by atoms with E-state index in [9.17, 15) is 19.8 Å². The zero-order chi connectivity index (χ0) is 26.0. The van der Waals surface area contributed by atoms with E-state index in [0.717, 1.165) is 38.5 Å². The Labute approximate surface area is 211 Å². The number of rotatable bonds is 9. The Morgan fingerprint density at radius 2 is 1.74 bits per heavy atom. The van der Waals surface area contributed by atoms with Gasteiger partial charge in [0.05, 0.1) is 5.60 Å². The third kappa shape index (κ3) is 3.90.